The molecule has 0 aliphatic carbocycles. The summed E-state index contributed by atoms with van der Waals surface area (Å²) in [7, 11) is 0. The van der Waals surface area contributed by atoms with E-state index in [0.29, 0.717) is 6.54 Å². The predicted molar refractivity (Wildman–Crippen MR) is 77.9 cm³/mol. The summed E-state index contributed by atoms with van der Waals surface area (Å²) in [6, 6.07) is 1.85. The maximum Gasteiger partial charge on any atom is 0.244 e. The van der Waals surface area contributed by atoms with Gasteiger partial charge in [-0.2, -0.15) is 0 Å². The molecule has 2 aromatic rings. The highest BCUT2D eigenvalue weighted by atomic mass is 32.1. The van der Waals surface area contributed by atoms with Crippen molar-refractivity contribution in [1.82, 2.24) is 15.3 Å². The van der Waals surface area contributed by atoms with Crippen LogP contribution in [0.15, 0.2) is 29.9 Å². The van der Waals surface area contributed by atoms with E-state index < -0.39 is 0 Å². The van der Waals surface area contributed by atoms with Gasteiger partial charge in [-0.05, 0) is 30.0 Å². The van der Waals surface area contributed by atoms with Crippen LogP contribution in [0.5, 0.6) is 0 Å². The van der Waals surface area contributed by atoms with E-state index in [1.165, 1.54) is 17.4 Å². The van der Waals surface area contributed by atoms with Gasteiger partial charge in [0.2, 0.25) is 5.91 Å². The molecular weight excluding hydrogens is 274 g/mol. The summed E-state index contributed by atoms with van der Waals surface area (Å²) in [5.41, 5.74) is 2.42. The number of aromatic nitrogens is 2. The van der Waals surface area contributed by atoms with Crippen molar-refractivity contribution in [1.29, 1.82) is 0 Å². The molecule has 5 nitrogen and oxygen atoms in total. The van der Waals surface area contributed by atoms with Gasteiger partial charge in [-0.15, -0.1) is 11.3 Å². The molecule has 0 unspecified atom stereocenters. The van der Waals surface area contributed by atoms with E-state index in [9.17, 15) is 4.79 Å². The molecule has 0 aliphatic heterocycles. The van der Waals surface area contributed by atoms with Crippen LogP contribution >= 0.6 is 11.3 Å². The number of aryl methyl sites for hydroxylation is 1. The largest absolute Gasteiger partial charge is 0.392 e. The van der Waals surface area contributed by atoms with Crippen LogP contribution in [-0.2, 0) is 17.9 Å². The topological polar surface area (TPSA) is 75.1 Å². The van der Waals surface area contributed by atoms with Gasteiger partial charge in [-0.3, -0.25) is 14.8 Å². The Morgan fingerprint density at radius 2 is 2.30 bits per heavy atom. The van der Waals surface area contributed by atoms with Crippen LogP contribution in [0.1, 0.15) is 21.8 Å². The third-order valence-corrected chi connectivity index (χ3v) is 3.48. The minimum absolute atomic E-state index is 0.0165. The van der Waals surface area contributed by atoms with Crippen molar-refractivity contribution in [3.63, 3.8) is 0 Å². The third-order valence-electron chi connectivity index (χ3n) is 2.53. The van der Waals surface area contributed by atoms with Gasteiger partial charge in [-0.1, -0.05) is 0 Å². The molecule has 2 N–H and O–H groups in total. The summed E-state index contributed by atoms with van der Waals surface area (Å²) in [4.78, 5) is 20.8. The Hall–Kier alpha value is -2.05. The van der Waals surface area contributed by atoms with Crippen molar-refractivity contribution in [2.24, 2.45) is 0 Å². The molecule has 20 heavy (non-hydrogen) atoms. The molecule has 0 atom stereocenters. The monoisotopic (exact) mass is 289 g/mol. The lowest BCUT2D eigenvalue weighted by atomic mass is 10.3. The van der Waals surface area contributed by atoms with Crippen molar-refractivity contribution in [2.75, 3.05) is 0 Å². The molecule has 1 amide bonds. The highest BCUT2D eigenvalue weighted by molar-refractivity contribution is 7.11. The average Bonchev–Trinajstić information content (AvgIpc) is 2.92. The summed E-state index contributed by atoms with van der Waals surface area (Å²) in [6.07, 6.45) is 6.50. The zero-order valence-electron chi connectivity index (χ0n) is 11.0. The van der Waals surface area contributed by atoms with Gasteiger partial charge in [0, 0.05) is 17.2 Å². The van der Waals surface area contributed by atoms with Crippen LogP contribution in [0.4, 0.5) is 0 Å². The number of rotatable bonds is 5. The molecule has 0 fully saturated rings. The molecule has 2 aromatic heterocycles. The molecule has 2 heterocycles. The van der Waals surface area contributed by atoms with E-state index in [2.05, 4.69) is 15.3 Å². The first-order valence-electron chi connectivity index (χ1n) is 6.09. The zero-order valence-corrected chi connectivity index (χ0v) is 11.9. The fourth-order valence-corrected chi connectivity index (χ4v) is 2.27. The molecule has 0 saturated carbocycles. The maximum absolute atomic E-state index is 11.6. The molecule has 0 bridgehead atoms. The standard InChI is InChI=1S/C14H15N3O2S/c1-10-5-16-12(6-15-10)7-17-14(19)3-2-13-4-11(8-18)9-20-13/h2-6,9,18H,7-8H2,1H3,(H,17,19). The molecule has 0 spiro atoms. The Morgan fingerprint density at radius 1 is 1.45 bits per heavy atom. The van der Waals surface area contributed by atoms with E-state index >= 15 is 0 Å². The maximum atomic E-state index is 11.6. The lowest BCUT2D eigenvalue weighted by molar-refractivity contribution is -0.116. The van der Waals surface area contributed by atoms with Crippen LogP contribution in [-0.4, -0.2) is 21.0 Å². The van der Waals surface area contributed by atoms with Gasteiger partial charge in [0.25, 0.3) is 0 Å². The van der Waals surface area contributed by atoms with Crippen LogP contribution < -0.4 is 5.32 Å². The van der Waals surface area contributed by atoms with Crippen molar-refractivity contribution in [2.45, 2.75) is 20.1 Å². The van der Waals surface area contributed by atoms with Crippen molar-refractivity contribution in [3.8, 4) is 0 Å². The van der Waals surface area contributed by atoms with Crippen molar-refractivity contribution >= 4 is 23.3 Å². The second kappa shape index (κ2) is 6.93. The Bertz CT molecular complexity index is 605. The van der Waals surface area contributed by atoms with Crippen molar-refractivity contribution < 1.29 is 9.90 Å². The van der Waals surface area contributed by atoms with E-state index in [1.807, 2.05) is 18.4 Å². The quantitative estimate of drug-likeness (QED) is 0.821. The van der Waals surface area contributed by atoms with Gasteiger partial charge in [0.15, 0.2) is 0 Å². The van der Waals surface area contributed by atoms with Gasteiger partial charge < -0.3 is 10.4 Å². The summed E-state index contributed by atoms with van der Waals surface area (Å²) in [5.74, 6) is -0.189. The molecule has 0 radical (unpaired) electrons. The summed E-state index contributed by atoms with van der Waals surface area (Å²) in [5, 5.41) is 13.5. The number of hydrogen-bond donors (Lipinski definition) is 2. The first-order chi connectivity index (χ1) is 9.67. The van der Waals surface area contributed by atoms with Crippen LogP contribution in [0.25, 0.3) is 6.08 Å². The number of hydrogen-bond acceptors (Lipinski definition) is 5. The number of aliphatic hydroxyl groups is 1. The Morgan fingerprint density at radius 3 is 2.95 bits per heavy atom. The second-order valence-electron chi connectivity index (χ2n) is 4.22. The first-order valence-corrected chi connectivity index (χ1v) is 6.97. The summed E-state index contributed by atoms with van der Waals surface area (Å²) < 4.78 is 0. The van der Waals surface area contributed by atoms with Gasteiger partial charge in [-0.25, -0.2) is 0 Å². The van der Waals surface area contributed by atoms with Crippen LogP contribution in [0.3, 0.4) is 0 Å². The number of nitrogens with one attached hydrogen (secondary N) is 1. The number of carbonyl (C=O) groups is 1. The van der Waals surface area contributed by atoms with E-state index in [-0.39, 0.29) is 12.5 Å². The molecule has 6 heteroatoms. The van der Waals surface area contributed by atoms with E-state index in [1.54, 1.807) is 18.5 Å². The van der Waals surface area contributed by atoms with Gasteiger partial charge in [0.05, 0.1) is 30.7 Å². The van der Waals surface area contributed by atoms with Gasteiger partial charge >= 0.3 is 0 Å². The van der Waals surface area contributed by atoms with E-state index in [0.717, 1.165) is 21.8 Å². The predicted octanol–water partition coefficient (Wildman–Crippen LogP) is 1.67. The third kappa shape index (κ3) is 4.25. The molecule has 104 valence electrons. The average molecular weight is 289 g/mol. The van der Waals surface area contributed by atoms with E-state index in [4.69, 9.17) is 5.11 Å². The molecule has 0 aromatic carbocycles. The fraction of sp³-hybridized carbons (Fsp3) is 0.214. The Kier molecular flexibility index (Phi) is 4.97. The number of carbonyl (C=O) groups excluding carboxylic acids is 1. The first kappa shape index (κ1) is 14.4. The summed E-state index contributed by atoms with van der Waals surface area (Å²) in [6.45, 7) is 2.23. The molecular formula is C14H15N3O2S. The molecule has 0 aliphatic rings. The smallest absolute Gasteiger partial charge is 0.244 e. The Labute approximate surface area is 121 Å². The fourth-order valence-electron chi connectivity index (χ4n) is 1.47. The molecule has 0 saturated heterocycles. The number of nitrogens with zero attached hydrogens (tertiary/aromatic N) is 2. The normalized spacial score (nSPS) is 10.9. The second-order valence-corrected chi connectivity index (χ2v) is 5.16. The lowest BCUT2D eigenvalue weighted by Crippen LogP contribution is -2.20. The number of thiophene rings is 1. The van der Waals surface area contributed by atoms with Gasteiger partial charge in [0.1, 0.15) is 0 Å². The SMILES string of the molecule is Cc1cnc(CNC(=O)C=Cc2cc(CO)cs2)cn1. The number of amides is 1. The van der Waals surface area contributed by atoms with Crippen molar-refractivity contribution in [3.05, 3.63) is 51.7 Å². The van der Waals surface area contributed by atoms with Crippen LogP contribution in [0.2, 0.25) is 0 Å². The highest BCUT2D eigenvalue weighted by Crippen LogP contribution is 2.15. The lowest BCUT2D eigenvalue weighted by Gasteiger charge is -2.01. The molecule has 2 rings (SSSR count). The highest BCUT2D eigenvalue weighted by Gasteiger charge is 2.00. The van der Waals surface area contributed by atoms with Crippen LogP contribution in [0, 0.1) is 6.92 Å². The summed E-state index contributed by atoms with van der Waals surface area (Å²) >= 11 is 1.48. The minimum atomic E-state index is -0.189. The zero-order chi connectivity index (χ0) is 14.4. The Balaban J connectivity index is 1.84. The minimum Gasteiger partial charge on any atom is -0.392 e. The number of aliphatic hydroxyl groups excluding tert-OH is 1.